The number of halogens is 1. The Morgan fingerprint density at radius 1 is 1.25 bits per heavy atom. The summed E-state index contributed by atoms with van der Waals surface area (Å²) in [7, 11) is 0. The minimum absolute atomic E-state index is 0.0612. The molecule has 0 aliphatic carbocycles. The highest BCUT2D eigenvalue weighted by atomic mass is 32.2. The number of morpholine rings is 1. The van der Waals surface area contributed by atoms with E-state index in [0.717, 1.165) is 22.5 Å². The smallest absolute Gasteiger partial charge is 0.280 e. The van der Waals surface area contributed by atoms with Gasteiger partial charge in [-0.2, -0.15) is 9.49 Å². The number of anilines is 1. The lowest BCUT2D eigenvalue weighted by atomic mass is 10.0. The summed E-state index contributed by atoms with van der Waals surface area (Å²) in [5, 5.41) is 7.73. The van der Waals surface area contributed by atoms with Crippen molar-refractivity contribution in [3.63, 3.8) is 0 Å². The fourth-order valence-electron chi connectivity index (χ4n) is 3.96. The molecule has 1 aliphatic heterocycles. The Morgan fingerprint density at radius 2 is 2.12 bits per heavy atom. The Balaban J connectivity index is 1.76. The van der Waals surface area contributed by atoms with Crippen LogP contribution in [0.5, 0.6) is 0 Å². The van der Waals surface area contributed by atoms with Crippen molar-refractivity contribution >= 4 is 27.9 Å². The van der Waals surface area contributed by atoms with Crippen LogP contribution in [-0.4, -0.2) is 61.8 Å². The lowest BCUT2D eigenvalue weighted by Crippen LogP contribution is -2.44. The molecular weight excluding hydrogens is 431 g/mol. The predicted molar refractivity (Wildman–Crippen MR) is 120 cm³/mol. The molecule has 1 saturated heterocycles. The second-order valence-corrected chi connectivity index (χ2v) is 8.93. The standard InChI is InChI=1S/C22H21FN6O2S/c1-13-12-31-8-7-29(13)19-10-16(14-9-17(23)22(25-11-14)32(2)30)15-3-5-24-21(20(15)27-19)18-4-6-26-28-18/h3-6,9-11,13H,7-8,12H2,1-2H3,(H,26,28). The van der Waals surface area contributed by atoms with Gasteiger partial charge in [-0.15, -0.1) is 0 Å². The molecule has 1 N–H and O–H groups in total. The molecule has 0 amide bonds. The van der Waals surface area contributed by atoms with Gasteiger partial charge in [0, 0.05) is 47.3 Å². The molecule has 2 atom stereocenters. The first-order valence-electron chi connectivity index (χ1n) is 10.2. The number of aromatic nitrogens is 5. The zero-order valence-corrected chi connectivity index (χ0v) is 18.4. The van der Waals surface area contributed by atoms with Crippen LogP contribution in [0.4, 0.5) is 10.2 Å². The lowest BCUT2D eigenvalue weighted by molar-refractivity contribution is 0.0986. The molecule has 0 radical (unpaired) electrons. The van der Waals surface area contributed by atoms with Gasteiger partial charge in [0.15, 0.2) is 5.82 Å². The largest absolute Gasteiger partial charge is 0.610 e. The number of nitrogens with zero attached hydrogens (tertiary/aromatic N) is 5. The molecule has 0 bridgehead atoms. The molecule has 8 nitrogen and oxygen atoms in total. The van der Waals surface area contributed by atoms with Gasteiger partial charge in [0.05, 0.1) is 24.9 Å². The monoisotopic (exact) mass is 452 g/mol. The second-order valence-electron chi connectivity index (χ2n) is 7.64. The van der Waals surface area contributed by atoms with Gasteiger partial charge >= 0.3 is 0 Å². The molecule has 2 unspecified atom stereocenters. The van der Waals surface area contributed by atoms with Gasteiger partial charge in [0.1, 0.15) is 23.3 Å². The third-order valence-corrected chi connectivity index (χ3v) is 6.37. The highest BCUT2D eigenvalue weighted by Gasteiger charge is 2.24. The third kappa shape index (κ3) is 3.70. The van der Waals surface area contributed by atoms with Crippen LogP contribution < -0.4 is 4.90 Å². The Hall–Kier alpha value is -3.08. The number of rotatable bonds is 4. The van der Waals surface area contributed by atoms with Gasteiger partial charge in [-0.05, 0) is 36.8 Å². The molecule has 1 aliphatic rings. The van der Waals surface area contributed by atoms with Gasteiger partial charge < -0.3 is 14.2 Å². The molecule has 5 heterocycles. The van der Waals surface area contributed by atoms with Gasteiger partial charge in [0.2, 0.25) is 0 Å². The summed E-state index contributed by atoms with van der Waals surface area (Å²) in [6, 6.07) is 7.14. The molecule has 32 heavy (non-hydrogen) atoms. The van der Waals surface area contributed by atoms with Crippen molar-refractivity contribution < 1.29 is 13.7 Å². The highest BCUT2D eigenvalue weighted by molar-refractivity contribution is 7.90. The number of H-pyrrole nitrogens is 1. The van der Waals surface area contributed by atoms with Crippen molar-refractivity contribution in [1.29, 1.82) is 0 Å². The number of nitrogens with one attached hydrogen (secondary N) is 1. The highest BCUT2D eigenvalue weighted by Crippen LogP contribution is 2.36. The summed E-state index contributed by atoms with van der Waals surface area (Å²) in [5.74, 6) is 0.151. The molecule has 1 fully saturated rings. The third-order valence-electron chi connectivity index (χ3n) is 5.52. The molecule has 5 rings (SSSR count). The van der Waals surface area contributed by atoms with E-state index in [-0.39, 0.29) is 11.1 Å². The Morgan fingerprint density at radius 3 is 2.84 bits per heavy atom. The van der Waals surface area contributed by atoms with Crippen LogP contribution in [0.25, 0.3) is 33.4 Å². The van der Waals surface area contributed by atoms with Gasteiger partial charge in [0.25, 0.3) is 5.03 Å². The first-order valence-corrected chi connectivity index (χ1v) is 11.7. The number of aromatic amines is 1. The van der Waals surface area contributed by atoms with E-state index in [1.807, 2.05) is 18.2 Å². The van der Waals surface area contributed by atoms with Crippen molar-refractivity contribution in [2.45, 2.75) is 18.0 Å². The fraction of sp³-hybridized carbons (Fsp3) is 0.273. The summed E-state index contributed by atoms with van der Waals surface area (Å²) in [6.45, 7) is 3.98. The zero-order chi connectivity index (χ0) is 22.2. The predicted octanol–water partition coefficient (Wildman–Crippen LogP) is 3.18. The van der Waals surface area contributed by atoms with Crippen LogP contribution >= 0.6 is 0 Å². The number of hydrogen-bond acceptors (Lipinski definition) is 7. The minimum atomic E-state index is -1.51. The number of pyridine rings is 3. The van der Waals surface area contributed by atoms with E-state index in [0.29, 0.717) is 36.5 Å². The van der Waals surface area contributed by atoms with E-state index in [2.05, 4.69) is 32.0 Å². The van der Waals surface area contributed by atoms with E-state index < -0.39 is 17.0 Å². The van der Waals surface area contributed by atoms with E-state index in [9.17, 15) is 8.94 Å². The number of ether oxygens (including phenoxy) is 1. The molecular formula is C22H21FN6O2S. The van der Waals surface area contributed by atoms with E-state index in [1.54, 1.807) is 18.6 Å². The summed E-state index contributed by atoms with van der Waals surface area (Å²) in [6.07, 6.45) is 6.32. The van der Waals surface area contributed by atoms with E-state index in [1.165, 1.54) is 12.3 Å². The average molecular weight is 453 g/mol. The number of fused-ring (bicyclic) bond motifs is 1. The van der Waals surface area contributed by atoms with Gasteiger partial charge in [-0.25, -0.2) is 9.97 Å². The van der Waals surface area contributed by atoms with Crippen LogP contribution in [0.1, 0.15) is 6.92 Å². The SMILES string of the molecule is CC1COCCN1c1cc(-c2cnc([S+](C)[O-])c(F)c2)c2ccnc(-c3ccn[nH]3)c2n1. The maximum atomic E-state index is 14.7. The van der Waals surface area contributed by atoms with Gasteiger partial charge in [-0.1, -0.05) is 0 Å². The molecule has 4 aromatic rings. The summed E-state index contributed by atoms with van der Waals surface area (Å²) in [4.78, 5) is 15.8. The van der Waals surface area contributed by atoms with Crippen LogP contribution in [0.2, 0.25) is 0 Å². The molecule has 0 spiro atoms. The molecule has 10 heteroatoms. The lowest BCUT2D eigenvalue weighted by Gasteiger charge is -2.34. The fourth-order valence-corrected chi connectivity index (χ4v) is 4.50. The van der Waals surface area contributed by atoms with Crippen molar-refractivity contribution in [2.75, 3.05) is 30.9 Å². The Bertz CT molecular complexity index is 1270. The van der Waals surface area contributed by atoms with Crippen LogP contribution in [-0.2, 0) is 15.9 Å². The molecule has 0 saturated carbocycles. The van der Waals surface area contributed by atoms with Crippen molar-refractivity contribution in [3.8, 4) is 22.5 Å². The summed E-state index contributed by atoms with van der Waals surface area (Å²) < 4.78 is 32.0. The second kappa shape index (κ2) is 8.45. The topological polar surface area (TPSA) is 103 Å². The van der Waals surface area contributed by atoms with E-state index in [4.69, 9.17) is 9.72 Å². The summed E-state index contributed by atoms with van der Waals surface area (Å²) in [5.41, 5.74) is 3.41. The zero-order valence-electron chi connectivity index (χ0n) is 17.6. The minimum Gasteiger partial charge on any atom is -0.610 e. The van der Waals surface area contributed by atoms with Crippen LogP contribution in [0, 0.1) is 5.82 Å². The first-order chi connectivity index (χ1) is 15.5. The van der Waals surface area contributed by atoms with Crippen molar-refractivity contribution in [3.05, 3.63) is 48.7 Å². The molecule has 0 aromatic carbocycles. The average Bonchev–Trinajstić information content (AvgIpc) is 3.32. The number of hydrogen-bond donors (Lipinski definition) is 1. The summed E-state index contributed by atoms with van der Waals surface area (Å²) >= 11 is -1.51. The van der Waals surface area contributed by atoms with E-state index >= 15 is 0 Å². The quantitative estimate of drug-likeness (QED) is 0.474. The van der Waals surface area contributed by atoms with Crippen LogP contribution in [0.3, 0.4) is 0 Å². The van der Waals surface area contributed by atoms with Gasteiger partial charge in [-0.3, -0.25) is 10.1 Å². The van der Waals surface area contributed by atoms with Crippen molar-refractivity contribution in [1.82, 2.24) is 25.1 Å². The normalized spacial score (nSPS) is 17.6. The Kier molecular flexibility index (Phi) is 5.50. The molecule has 4 aromatic heterocycles. The van der Waals surface area contributed by atoms with Crippen LogP contribution in [0.15, 0.2) is 47.9 Å². The maximum Gasteiger partial charge on any atom is 0.280 e. The maximum absolute atomic E-state index is 14.7. The van der Waals surface area contributed by atoms with Crippen molar-refractivity contribution in [2.24, 2.45) is 0 Å². The molecule has 164 valence electrons. The Labute approximate surface area is 187 Å². The first kappa shape index (κ1) is 20.8.